The van der Waals surface area contributed by atoms with E-state index < -0.39 is 10.0 Å². The van der Waals surface area contributed by atoms with Crippen LogP contribution in [0.3, 0.4) is 0 Å². The maximum atomic E-state index is 13.5. The van der Waals surface area contributed by atoms with Crippen molar-refractivity contribution in [2.45, 2.75) is 37.0 Å². The number of benzene rings is 1. The van der Waals surface area contributed by atoms with Crippen molar-refractivity contribution in [2.75, 3.05) is 25.0 Å². The summed E-state index contributed by atoms with van der Waals surface area (Å²) in [7, 11) is -3.45. The Morgan fingerprint density at radius 3 is 2.54 bits per heavy atom. The third kappa shape index (κ3) is 4.04. The van der Waals surface area contributed by atoms with E-state index in [4.69, 9.17) is 0 Å². The number of halogens is 1. The van der Waals surface area contributed by atoms with Crippen molar-refractivity contribution in [1.29, 1.82) is 0 Å². The number of nitrogens with zero attached hydrogens (tertiary/aromatic N) is 2. The van der Waals surface area contributed by atoms with Crippen LogP contribution in [0.5, 0.6) is 0 Å². The molecule has 140 valence electrons. The summed E-state index contributed by atoms with van der Waals surface area (Å²) >= 11 is 0. The highest BCUT2D eigenvalue weighted by atomic mass is 32.2. The van der Waals surface area contributed by atoms with Crippen LogP contribution in [0.1, 0.15) is 32.3 Å². The van der Waals surface area contributed by atoms with Gasteiger partial charge in [0.15, 0.2) is 0 Å². The van der Waals surface area contributed by atoms with Crippen LogP contribution >= 0.6 is 0 Å². The molecule has 0 radical (unpaired) electrons. The number of hydrogen-bond donors (Lipinski definition) is 1. The van der Waals surface area contributed by atoms with Crippen molar-refractivity contribution in [3.63, 3.8) is 0 Å². The first-order valence-corrected chi connectivity index (χ1v) is 10.2. The predicted octanol–water partition coefficient (Wildman–Crippen LogP) is 3.39. The van der Waals surface area contributed by atoms with Gasteiger partial charge in [0.2, 0.25) is 10.0 Å². The lowest BCUT2D eigenvalue weighted by molar-refractivity contribution is 0.477. The lowest BCUT2D eigenvalue weighted by Crippen LogP contribution is -2.29. The highest BCUT2D eigenvalue weighted by molar-refractivity contribution is 7.89. The van der Waals surface area contributed by atoms with Crippen LogP contribution in [-0.2, 0) is 15.4 Å². The molecule has 26 heavy (non-hydrogen) atoms. The van der Waals surface area contributed by atoms with Gasteiger partial charge in [-0.15, -0.1) is 0 Å². The van der Waals surface area contributed by atoms with Gasteiger partial charge in [0, 0.05) is 31.2 Å². The van der Waals surface area contributed by atoms with Gasteiger partial charge in [0.25, 0.3) is 0 Å². The molecule has 0 amide bonds. The molecule has 1 aliphatic heterocycles. The zero-order chi connectivity index (χ0) is 18.8. The summed E-state index contributed by atoms with van der Waals surface area (Å²) in [5.74, 6) is 0.333. The second-order valence-electron chi connectivity index (χ2n) is 7.24. The van der Waals surface area contributed by atoms with Crippen LogP contribution in [0.2, 0.25) is 0 Å². The molecule has 1 saturated heterocycles. The monoisotopic (exact) mass is 377 g/mol. The highest BCUT2D eigenvalue weighted by Crippen LogP contribution is 2.25. The average molecular weight is 377 g/mol. The summed E-state index contributed by atoms with van der Waals surface area (Å²) in [5, 5.41) is 3.21. The minimum absolute atomic E-state index is 0.217. The second kappa shape index (κ2) is 7.32. The molecular weight excluding hydrogens is 353 g/mol. The molecule has 7 heteroatoms. The molecule has 1 N–H and O–H groups in total. The van der Waals surface area contributed by atoms with Gasteiger partial charge in [0.05, 0.1) is 0 Å². The summed E-state index contributed by atoms with van der Waals surface area (Å²) in [6.07, 6.45) is 3.20. The fourth-order valence-corrected chi connectivity index (χ4v) is 4.50. The summed E-state index contributed by atoms with van der Waals surface area (Å²) in [4.78, 5) is 4.46. The van der Waals surface area contributed by atoms with Crippen molar-refractivity contribution in [3.8, 4) is 0 Å². The van der Waals surface area contributed by atoms with E-state index in [9.17, 15) is 12.8 Å². The van der Waals surface area contributed by atoms with Crippen molar-refractivity contribution < 1.29 is 12.8 Å². The molecule has 1 aromatic carbocycles. The lowest BCUT2D eigenvalue weighted by atomic mass is 9.84. The summed E-state index contributed by atoms with van der Waals surface area (Å²) < 4.78 is 40.0. The molecule has 0 saturated carbocycles. The SMILES string of the molecule is CC(C)(CNc1ccc(S(=O)(=O)N2CCCC2)cn1)c1cccc(F)c1. The van der Waals surface area contributed by atoms with Crippen LogP contribution in [-0.4, -0.2) is 37.3 Å². The van der Waals surface area contributed by atoms with Gasteiger partial charge in [-0.2, -0.15) is 4.31 Å². The van der Waals surface area contributed by atoms with Crippen molar-refractivity contribution in [2.24, 2.45) is 0 Å². The number of anilines is 1. The number of pyridine rings is 1. The number of sulfonamides is 1. The minimum Gasteiger partial charge on any atom is -0.369 e. The fraction of sp³-hybridized carbons (Fsp3) is 0.421. The standard InChI is InChI=1S/C19H24FN3O2S/c1-19(2,15-6-5-7-16(20)12-15)14-22-18-9-8-17(13-21-18)26(24,25)23-10-3-4-11-23/h5-9,12-13H,3-4,10-11,14H2,1-2H3,(H,21,22). The van der Waals surface area contributed by atoms with E-state index in [0.29, 0.717) is 25.5 Å². The third-order valence-corrected chi connectivity index (χ3v) is 6.64. The van der Waals surface area contributed by atoms with E-state index >= 15 is 0 Å². The van der Waals surface area contributed by atoms with Crippen LogP contribution in [0.4, 0.5) is 10.2 Å². The first-order chi connectivity index (χ1) is 12.3. The van der Waals surface area contributed by atoms with Crippen LogP contribution < -0.4 is 5.32 Å². The fourth-order valence-electron chi connectivity index (χ4n) is 3.04. The first kappa shape index (κ1) is 18.8. The highest BCUT2D eigenvalue weighted by Gasteiger charge is 2.27. The van der Waals surface area contributed by atoms with E-state index in [1.807, 2.05) is 19.9 Å². The average Bonchev–Trinajstić information content (AvgIpc) is 3.16. The number of nitrogens with one attached hydrogen (secondary N) is 1. The second-order valence-corrected chi connectivity index (χ2v) is 9.18. The third-order valence-electron chi connectivity index (χ3n) is 4.76. The zero-order valence-corrected chi connectivity index (χ0v) is 15.9. The lowest BCUT2D eigenvalue weighted by Gasteiger charge is -2.26. The van der Waals surface area contributed by atoms with Gasteiger partial charge in [-0.3, -0.25) is 0 Å². The van der Waals surface area contributed by atoms with Crippen molar-refractivity contribution in [3.05, 3.63) is 54.0 Å². The minimum atomic E-state index is -3.45. The molecule has 2 aromatic rings. The topological polar surface area (TPSA) is 62.3 Å². The van der Waals surface area contributed by atoms with Gasteiger partial charge >= 0.3 is 0 Å². The van der Waals surface area contributed by atoms with Crippen LogP contribution in [0.25, 0.3) is 0 Å². The molecule has 0 spiro atoms. The predicted molar refractivity (Wildman–Crippen MR) is 100 cm³/mol. The van der Waals surface area contributed by atoms with Crippen molar-refractivity contribution in [1.82, 2.24) is 9.29 Å². The number of rotatable bonds is 6. The van der Waals surface area contributed by atoms with E-state index in [2.05, 4.69) is 10.3 Å². The van der Waals surface area contributed by atoms with E-state index in [-0.39, 0.29) is 16.1 Å². The molecule has 0 bridgehead atoms. The summed E-state index contributed by atoms with van der Waals surface area (Å²) in [6.45, 7) is 5.72. The first-order valence-electron chi connectivity index (χ1n) is 8.75. The zero-order valence-electron chi connectivity index (χ0n) is 15.1. The van der Waals surface area contributed by atoms with Crippen LogP contribution in [0, 0.1) is 5.82 Å². The summed E-state index contributed by atoms with van der Waals surface area (Å²) in [5.41, 5.74) is 0.586. The van der Waals surface area contributed by atoms with E-state index in [1.54, 1.807) is 18.2 Å². The normalized spacial score (nSPS) is 16.0. The van der Waals surface area contributed by atoms with Crippen molar-refractivity contribution >= 4 is 15.8 Å². The molecule has 0 atom stereocenters. The van der Waals surface area contributed by atoms with Crippen LogP contribution in [0.15, 0.2) is 47.5 Å². The van der Waals surface area contributed by atoms with E-state index in [1.165, 1.54) is 22.6 Å². The van der Waals surface area contributed by atoms with Gasteiger partial charge in [-0.05, 0) is 42.7 Å². The van der Waals surface area contributed by atoms with Gasteiger partial charge in [0.1, 0.15) is 16.5 Å². The molecule has 5 nitrogen and oxygen atoms in total. The molecule has 1 aliphatic rings. The van der Waals surface area contributed by atoms with Gasteiger partial charge in [-0.1, -0.05) is 26.0 Å². The quantitative estimate of drug-likeness (QED) is 0.838. The smallest absolute Gasteiger partial charge is 0.244 e. The van der Waals surface area contributed by atoms with E-state index in [0.717, 1.165) is 18.4 Å². The Kier molecular flexibility index (Phi) is 5.29. The molecule has 1 aromatic heterocycles. The molecule has 0 unspecified atom stereocenters. The number of hydrogen-bond acceptors (Lipinski definition) is 4. The largest absolute Gasteiger partial charge is 0.369 e. The molecule has 1 fully saturated rings. The number of aromatic nitrogens is 1. The molecule has 2 heterocycles. The Balaban J connectivity index is 1.68. The maximum Gasteiger partial charge on any atom is 0.244 e. The summed E-state index contributed by atoms with van der Waals surface area (Å²) in [6, 6.07) is 9.80. The molecule has 3 rings (SSSR count). The van der Waals surface area contributed by atoms with Gasteiger partial charge < -0.3 is 5.32 Å². The molecule has 0 aliphatic carbocycles. The maximum absolute atomic E-state index is 13.5. The Labute approximate surface area is 154 Å². The van der Waals surface area contributed by atoms with Gasteiger partial charge in [-0.25, -0.2) is 17.8 Å². The Bertz CT molecular complexity index is 861. The Morgan fingerprint density at radius 1 is 1.19 bits per heavy atom. The Morgan fingerprint density at radius 2 is 1.92 bits per heavy atom. The Hall–Kier alpha value is -1.99. The molecular formula is C19H24FN3O2S.